The van der Waals surface area contributed by atoms with Crippen molar-refractivity contribution in [3.8, 4) is 0 Å². The summed E-state index contributed by atoms with van der Waals surface area (Å²) in [4.78, 5) is 0. The Kier molecular flexibility index (Phi) is 4.90. The fourth-order valence-electron chi connectivity index (χ4n) is 3.61. The highest BCUT2D eigenvalue weighted by atomic mass is 16.3. The third-order valence-electron chi connectivity index (χ3n) is 4.34. The Hall–Kier alpha value is -0.820. The Labute approximate surface area is 124 Å². The third-order valence-corrected chi connectivity index (χ3v) is 4.34. The van der Waals surface area contributed by atoms with E-state index in [2.05, 4.69) is 45.9 Å². The van der Waals surface area contributed by atoms with Gasteiger partial charge in [-0.25, -0.2) is 0 Å². The molecule has 1 aromatic rings. The minimum Gasteiger partial charge on any atom is -0.388 e. The largest absolute Gasteiger partial charge is 0.388 e. The van der Waals surface area contributed by atoms with Gasteiger partial charge in [0.15, 0.2) is 0 Å². The summed E-state index contributed by atoms with van der Waals surface area (Å²) in [7, 11) is 0. The second kappa shape index (κ2) is 6.30. The predicted molar refractivity (Wildman–Crippen MR) is 85.9 cm³/mol. The summed E-state index contributed by atoms with van der Waals surface area (Å²) in [5, 5.41) is 10.5. The van der Waals surface area contributed by atoms with Crippen molar-refractivity contribution in [2.75, 3.05) is 0 Å². The van der Waals surface area contributed by atoms with E-state index in [0.717, 1.165) is 18.4 Å². The average molecular weight is 274 g/mol. The first-order valence-electron chi connectivity index (χ1n) is 8.15. The first-order chi connectivity index (χ1) is 9.35. The molecule has 0 saturated heterocycles. The maximum Gasteiger partial charge on any atom is 0.0792 e. The van der Waals surface area contributed by atoms with Gasteiger partial charge < -0.3 is 5.11 Å². The predicted octanol–water partition coefficient (Wildman–Crippen LogP) is 5.06. The lowest BCUT2D eigenvalue weighted by molar-refractivity contribution is 0.134. The van der Waals surface area contributed by atoms with Crippen LogP contribution in [0.1, 0.15) is 76.2 Å². The molecule has 0 spiro atoms. The number of fused-ring (bicyclic) bond motifs is 1. The Morgan fingerprint density at radius 3 is 2.40 bits per heavy atom. The normalized spacial score (nSPS) is 18.4. The highest BCUT2D eigenvalue weighted by Crippen LogP contribution is 2.32. The zero-order chi connectivity index (χ0) is 14.8. The van der Waals surface area contributed by atoms with Crippen LogP contribution in [0.15, 0.2) is 18.2 Å². The van der Waals surface area contributed by atoms with Crippen LogP contribution in [-0.2, 0) is 12.8 Å². The van der Waals surface area contributed by atoms with Gasteiger partial charge in [-0.05, 0) is 66.5 Å². The van der Waals surface area contributed by atoms with E-state index in [1.54, 1.807) is 0 Å². The molecule has 0 saturated carbocycles. The average Bonchev–Trinajstić information content (AvgIpc) is 2.35. The zero-order valence-electron chi connectivity index (χ0n) is 13.6. The lowest BCUT2D eigenvalue weighted by Gasteiger charge is -2.25. The molecule has 2 unspecified atom stereocenters. The fourth-order valence-corrected chi connectivity index (χ4v) is 3.61. The van der Waals surface area contributed by atoms with Crippen molar-refractivity contribution < 1.29 is 5.11 Å². The molecule has 0 aromatic heterocycles. The van der Waals surface area contributed by atoms with Gasteiger partial charge in [-0.2, -0.15) is 0 Å². The number of hydrogen-bond acceptors (Lipinski definition) is 1. The van der Waals surface area contributed by atoms with Crippen LogP contribution in [-0.4, -0.2) is 5.11 Å². The SMILES string of the molecule is CC(CC(O)c1ccc2c(c1)CCCC2)CC(C)(C)C. The Morgan fingerprint density at radius 1 is 1.10 bits per heavy atom. The first-order valence-corrected chi connectivity index (χ1v) is 8.15. The van der Waals surface area contributed by atoms with E-state index >= 15 is 0 Å². The molecule has 1 heteroatoms. The first kappa shape index (κ1) is 15.6. The van der Waals surface area contributed by atoms with E-state index in [4.69, 9.17) is 0 Å². The lowest BCUT2D eigenvalue weighted by Crippen LogP contribution is -2.14. The third kappa shape index (κ3) is 4.34. The highest BCUT2D eigenvalue weighted by molar-refractivity contribution is 5.34. The van der Waals surface area contributed by atoms with Crippen molar-refractivity contribution in [2.24, 2.45) is 11.3 Å². The summed E-state index contributed by atoms with van der Waals surface area (Å²) in [5.74, 6) is 0.557. The van der Waals surface area contributed by atoms with Crippen molar-refractivity contribution in [3.63, 3.8) is 0 Å². The van der Waals surface area contributed by atoms with Crippen LogP contribution in [0.4, 0.5) is 0 Å². The van der Waals surface area contributed by atoms with Gasteiger partial charge in [0.2, 0.25) is 0 Å². The molecule has 0 bridgehead atoms. The van der Waals surface area contributed by atoms with Gasteiger partial charge in [0.05, 0.1) is 6.10 Å². The Bertz CT molecular complexity index is 442. The molecular weight excluding hydrogens is 244 g/mol. The summed E-state index contributed by atoms with van der Waals surface area (Å²) in [6, 6.07) is 6.63. The molecule has 1 aromatic carbocycles. The summed E-state index contributed by atoms with van der Waals surface area (Å²) in [6.07, 6.45) is 6.74. The number of aliphatic hydroxyl groups excluding tert-OH is 1. The molecule has 2 rings (SSSR count). The molecule has 1 aliphatic rings. The Balaban J connectivity index is 2.00. The van der Waals surface area contributed by atoms with E-state index in [0.29, 0.717) is 11.3 Å². The topological polar surface area (TPSA) is 20.2 Å². The maximum absolute atomic E-state index is 10.5. The van der Waals surface area contributed by atoms with E-state index in [9.17, 15) is 5.11 Å². The van der Waals surface area contributed by atoms with Crippen molar-refractivity contribution in [1.82, 2.24) is 0 Å². The molecule has 0 aliphatic heterocycles. The minimum absolute atomic E-state index is 0.306. The van der Waals surface area contributed by atoms with E-state index in [-0.39, 0.29) is 6.10 Å². The van der Waals surface area contributed by atoms with Crippen LogP contribution in [0, 0.1) is 11.3 Å². The second-order valence-electron chi connectivity index (χ2n) is 7.86. The van der Waals surface area contributed by atoms with Gasteiger partial charge in [-0.15, -0.1) is 0 Å². The smallest absolute Gasteiger partial charge is 0.0792 e. The highest BCUT2D eigenvalue weighted by Gasteiger charge is 2.20. The van der Waals surface area contributed by atoms with Crippen LogP contribution in [0.2, 0.25) is 0 Å². The minimum atomic E-state index is -0.306. The van der Waals surface area contributed by atoms with Gasteiger partial charge in [0, 0.05) is 0 Å². The molecule has 1 N–H and O–H groups in total. The van der Waals surface area contributed by atoms with Gasteiger partial charge in [0.1, 0.15) is 0 Å². The molecule has 20 heavy (non-hydrogen) atoms. The summed E-state index contributed by atoms with van der Waals surface area (Å²) in [6.45, 7) is 9.07. The zero-order valence-corrected chi connectivity index (χ0v) is 13.6. The molecule has 1 nitrogen and oxygen atoms in total. The molecular formula is C19H30O. The molecule has 0 heterocycles. The van der Waals surface area contributed by atoms with Crippen LogP contribution in [0.25, 0.3) is 0 Å². The van der Waals surface area contributed by atoms with E-state index < -0.39 is 0 Å². The quantitative estimate of drug-likeness (QED) is 0.813. The van der Waals surface area contributed by atoms with E-state index in [1.807, 2.05) is 0 Å². The molecule has 112 valence electrons. The monoisotopic (exact) mass is 274 g/mol. The van der Waals surface area contributed by atoms with Crippen molar-refractivity contribution in [2.45, 2.75) is 72.3 Å². The van der Waals surface area contributed by atoms with Gasteiger partial charge in [-0.1, -0.05) is 45.9 Å². The molecule has 2 atom stereocenters. The molecule has 0 fully saturated rings. The van der Waals surface area contributed by atoms with Crippen molar-refractivity contribution >= 4 is 0 Å². The van der Waals surface area contributed by atoms with E-state index in [1.165, 1.54) is 36.8 Å². The second-order valence-corrected chi connectivity index (χ2v) is 7.86. The lowest BCUT2D eigenvalue weighted by atomic mass is 9.82. The molecule has 1 aliphatic carbocycles. The molecule has 0 amide bonds. The number of benzene rings is 1. The van der Waals surface area contributed by atoms with Crippen LogP contribution in [0.5, 0.6) is 0 Å². The molecule has 0 radical (unpaired) electrons. The van der Waals surface area contributed by atoms with Crippen LogP contribution < -0.4 is 0 Å². The van der Waals surface area contributed by atoms with Gasteiger partial charge in [-0.3, -0.25) is 0 Å². The van der Waals surface area contributed by atoms with Gasteiger partial charge >= 0.3 is 0 Å². The maximum atomic E-state index is 10.5. The van der Waals surface area contributed by atoms with Crippen molar-refractivity contribution in [3.05, 3.63) is 34.9 Å². The summed E-state index contributed by atoms with van der Waals surface area (Å²) >= 11 is 0. The number of aryl methyl sites for hydroxylation is 2. The van der Waals surface area contributed by atoms with Crippen molar-refractivity contribution in [1.29, 1.82) is 0 Å². The fraction of sp³-hybridized carbons (Fsp3) is 0.684. The van der Waals surface area contributed by atoms with Gasteiger partial charge in [0.25, 0.3) is 0 Å². The summed E-state index contributed by atoms with van der Waals surface area (Å²) < 4.78 is 0. The number of rotatable bonds is 4. The summed E-state index contributed by atoms with van der Waals surface area (Å²) in [5.41, 5.74) is 4.42. The number of hydrogen-bond donors (Lipinski definition) is 1. The number of aliphatic hydroxyl groups is 1. The van der Waals surface area contributed by atoms with Crippen LogP contribution >= 0.6 is 0 Å². The standard InChI is InChI=1S/C19H30O/c1-14(13-19(2,3)4)11-18(20)17-10-9-15-7-5-6-8-16(15)12-17/h9-10,12,14,18,20H,5-8,11,13H2,1-4H3. The Morgan fingerprint density at radius 2 is 1.75 bits per heavy atom. The van der Waals surface area contributed by atoms with Crippen LogP contribution in [0.3, 0.4) is 0 Å².